The fraction of sp³-hybridized carbons (Fsp3) is 0.211. The van der Waals surface area contributed by atoms with Crippen LogP contribution in [0.2, 0.25) is 0 Å². The van der Waals surface area contributed by atoms with Gasteiger partial charge in [-0.15, -0.1) is 0 Å². The Hall–Kier alpha value is -3.15. The molecule has 0 saturated heterocycles. The Morgan fingerprint density at radius 2 is 2.00 bits per heavy atom. The standard InChI is InChI=1S/C19H18N2O4/c1-12(22)13-3-2-4-15(9-13)20-19(24)11-25-16-6-7-17-14(10-16)5-8-18(23)21-17/h2-4,6-7,9-10H,5,8,11H2,1H3,(H,20,24)(H,21,23). The summed E-state index contributed by atoms with van der Waals surface area (Å²) < 4.78 is 5.52. The van der Waals surface area contributed by atoms with Crippen molar-refractivity contribution in [2.24, 2.45) is 0 Å². The number of fused-ring (bicyclic) bond motifs is 1. The number of benzene rings is 2. The van der Waals surface area contributed by atoms with Crippen LogP contribution in [-0.4, -0.2) is 24.2 Å². The number of ketones is 1. The fourth-order valence-corrected chi connectivity index (χ4v) is 2.61. The third-order valence-electron chi connectivity index (χ3n) is 3.89. The summed E-state index contributed by atoms with van der Waals surface area (Å²) in [6.45, 7) is 1.33. The quantitative estimate of drug-likeness (QED) is 0.821. The first kappa shape index (κ1) is 16.7. The van der Waals surface area contributed by atoms with E-state index in [0.717, 1.165) is 11.3 Å². The van der Waals surface area contributed by atoms with Gasteiger partial charge >= 0.3 is 0 Å². The normalized spacial score (nSPS) is 12.8. The third-order valence-corrected chi connectivity index (χ3v) is 3.89. The molecule has 1 aliphatic heterocycles. The molecule has 0 spiro atoms. The van der Waals surface area contributed by atoms with E-state index in [0.29, 0.717) is 29.8 Å². The van der Waals surface area contributed by atoms with Crippen molar-refractivity contribution in [2.75, 3.05) is 17.2 Å². The van der Waals surface area contributed by atoms with Gasteiger partial charge in [0.05, 0.1) is 0 Å². The number of amides is 2. The predicted octanol–water partition coefficient (Wildman–Crippen LogP) is 2.79. The minimum Gasteiger partial charge on any atom is -0.484 e. The van der Waals surface area contributed by atoms with Crippen molar-refractivity contribution in [1.29, 1.82) is 0 Å². The van der Waals surface area contributed by atoms with Crippen molar-refractivity contribution in [1.82, 2.24) is 0 Å². The van der Waals surface area contributed by atoms with Crippen LogP contribution in [0.4, 0.5) is 11.4 Å². The Labute approximate surface area is 145 Å². The molecule has 3 rings (SSSR count). The van der Waals surface area contributed by atoms with Gasteiger partial charge in [-0.2, -0.15) is 0 Å². The lowest BCUT2D eigenvalue weighted by Gasteiger charge is -2.17. The van der Waals surface area contributed by atoms with Gasteiger partial charge in [0.2, 0.25) is 5.91 Å². The molecule has 2 aromatic carbocycles. The summed E-state index contributed by atoms with van der Waals surface area (Å²) in [6, 6.07) is 12.1. The molecular weight excluding hydrogens is 320 g/mol. The van der Waals surface area contributed by atoms with Gasteiger partial charge in [0.1, 0.15) is 5.75 Å². The highest BCUT2D eigenvalue weighted by Gasteiger charge is 2.15. The number of hydrogen-bond acceptors (Lipinski definition) is 4. The maximum Gasteiger partial charge on any atom is 0.262 e. The van der Waals surface area contributed by atoms with Crippen molar-refractivity contribution >= 4 is 29.0 Å². The van der Waals surface area contributed by atoms with Crippen LogP contribution in [-0.2, 0) is 16.0 Å². The highest BCUT2D eigenvalue weighted by atomic mass is 16.5. The average molecular weight is 338 g/mol. The van der Waals surface area contributed by atoms with E-state index in [4.69, 9.17) is 4.74 Å². The van der Waals surface area contributed by atoms with Gasteiger partial charge in [0.15, 0.2) is 12.4 Å². The molecule has 0 bridgehead atoms. The first-order chi connectivity index (χ1) is 12.0. The number of carbonyl (C=O) groups excluding carboxylic acids is 3. The highest BCUT2D eigenvalue weighted by molar-refractivity contribution is 5.97. The molecular formula is C19H18N2O4. The molecule has 2 amide bonds. The molecule has 2 aromatic rings. The predicted molar refractivity (Wildman–Crippen MR) is 94.0 cm³/mol. The second-order valence-corrected chi connectivity index (χ2v) is 5.84. The molecule has 0 aromatic heterocycles. The number of anilines is 2. The van der Waals surface area contributed by atoms with E-state index in [9.17, 15) is 14.4 Å². The molecule has 0 saturated carbocycles. The van der Waals surface area contributed by atoms with E-state index in [1.165, 1.54) is 6.92 Å². The van der Waals surface area contributed by atoms with Crippen LogP contribution >= 0.6 is 0 Å². The summed E-state index contributed by atoms with van der Waals surface area (Å²) in [4.78, 5) is 34.7. The molecule has 1 heterocycles. The van der Waals surface area contributed by atoms with E-state index in [1.807, 2.05) is 6.07 Å². The SMILES string of the molecule is CC(=O)c1cccc(NC(=O)COc2ccc3c(c2)CCC(=O)N3)c1. The summed E-state index contributed by atoms with van der Waals surface area (Å²) in [6.07, 6.45) is 1.10. The van der Waals surface area contributed by atoms with E-state index >= 15 is 0 Å². The number of aryl methyl sites for hydroxylation is 1. The maximum atomic E-state index is 12.0. The Morgan fingerprint density at radius 3 is 2.80 bits per heavy atom. The van der Waals surface area contributed by atoms with Crippen LogP contribution in [0.25, 0.3) is 0 Å². The monoisotopic (exact) mass is 338 g/mol. The van der Waals surface area contributed by atoms with Crippen molar-refractivity contribution < 1.29 is 19.1 Å². The average Bonchev–Trinajstić information content (AvgIpc) is 2.60. The molecule has 0 fully saturated rings. The smallest absolute Gasteiger partial charge is 0.262 e. The lowest BCUT2D eigenvalue weighted by atomic mass is 10.0. The van der Waals surface area contributed by atoms with E-state index < -0.39 is 0 Å². The number of carbonyl (C=O) groups is 3. The van der Waals surface area contributed by atoms with Gasteiger partial charge in [0.25, 0.3) is 5.91 Å². The molecule has 0 atom stereocenters. The molecule has 2 N–H and O–H groups in total. The van der Waals surface area contributed by atoms with Crippen LogP contribution in [0, 0.1) is 0 Å². The second-order valence-electron chi connectivity index (χ2n) is 5.84. The number of Topliss-reactive ketones (excluding diaryl/α,β-unsaturated/α-hetero) is 1. The molecule has 0 radical (unpaired) electrons. The van der Waals surface area contributed by atoms with Gasteiger partial charge in [-0.3, -0.25) is 14.4 Å². The summed E-state index contributed by atoms with van der Waals surface area (Å²) in [7, 11) is 0. The zero-order valence-electron chi connectivity index (χ0n) is 13.8. The first-order valence-electron chi connectivity index (χ1n) is 7.98. The number of ether oxygens (including phenoxy) is 1. The Bertz CT molecular complexity index is 845. The highest BCUT2D eigenvalue weighted by Crippen LogP contribution is 2.26. The molecule has 6 heteroatoms. The summed E-state index contributed by atoms with van der Waals surface area (Å²) in [5.74, 6) is 0.205. The van der Waals surface area contributed by atoms with Crippen molar-refractivity contribution in [2.45, 2.75) is 19.8 Å². The number of hydrogen-bond donors (Lipinski definition) is 2. The van der Waals surface area contributed by atoms with Gasteiger partial charge in [-0.1, -0.05) is 12.1 Å². The Kier molecular flexibility index (Phi) is 4.79. The van der Waals surface area contributed by atoms with Crippen LogP contribution in [0.15, 0.2) is 42.5 Å². The van der Waals surface area contributed by atoms with E-state index in [2.05, 4.69) is 10.6 Å². The van der Waals surface area contributed by atoms with Crippen molar-refractivity contribution in [3.63, 3.8) is 0 Å². The zero-order valence-corrected chi connectivity index (χ0v) is 13.8. The molecule has 25 heavy (non-hydrogen) atoms. The second kappa shape index (κ2) is 7.17. The lowest BCUT2D eigenvalue weighted by Crippen LogP contribution is -2.21. The number of nitrogens with one attached hydrogen (secondary N) is 2. The van der Waals surface area contributed by atoms with Crippen molar-refractivity contribution in [3.8, 4) is 5.75 Å². The van der Waals surface area contributed by atoms with Crippen LogP contribution in [0.5, 0.6) is 5.75 Å². The molecule has 0 aliphatic carbocycles. The van der Waals surface area contributed by atoms with Crippen LogP contribution in [0.1, 0.15) is 29.3 Å². The first-order valence-corrected chi connectivity index (χ1v) is 7.98. The Morgan fingerprint density at radius 1 is 1.16 bits per heavy atom. The molecule has 1 aliphatic rings. The van der Waals surface area contributed by atoms with Crippen LogP contribution < -0.4 is 15.4 Å². The van der Waals surface area contributed by atoms with Gasteiger partial charge in [-0.25, -0.2) is 0 Å². The van der Waals surface area contributed by atoms with Gasteiger partial charge in [0, 0.05) is 23.4 Å². The third kappa shape index (κ3) is 4.23. The van der Waals surface area contributed by atoms with Gasteiger partial charge in [-0.05, 0) is 49.2 Å². The maximum absolute atomic E-state index is 12.0. The van der Waals surface area contributed by atoms with Gasteiger partial charge < -0.3 is 15.4 Å². The lowest BCUT2D eigenvalue weighted by molar-refractivity contribution is -0.118. The summed E-state index contributed by atoms with van der Waals surface area (Å²) in [5.41, 5.74) is 2.87. The van der Waals surface area contributed by atoms with Crippen molar-refractivity contribution in [3.05, 3.63) is 53.6 Å². The molecule has 128 valence electrons. The Balaban J connectivity index is 1.58. The number of rotatable bonds is 5. The fourth-order valence-electron chi connectivity index (χ4n) is 2.61. The summed E-state index contributed by atoms with van der Waals surface area (Å²) >= 11 is 0. The zero-order chi connectivity index (χ0) is 17.8. The molecule has 0 unspecified atom stereocenters. The van der Waals surface area contributed by atoms with E-state index in [1.54, 1.807) is 36.4 Å². The topological polar surface area (TPSA) is 84.5 Å². The van der Waals surface area contributed by atoms with E-state index in [-0.39, 0.29) is 24.2 Å². The van der Waals surface area contributed by atoms with Crippen LogP contribution in [0.3, 0.4) is 0 Å². The minimum atomic E-state index is -0.313. The molecule has 6 nitrogen and oxygen atoms in total. The minimum absolute atomic E-state index is 0.00772. The summed E-state index contributed by atoms with van der Waals surface area (Å²) in [5, 5.41) is 5.50. The largest absolute Gasteiger partial charge is 0.484 e.